The van der Waals surface area contributed by atoms with Gasteiger partial charge in [-0.1, -0.05) is 98.1 Å². The summed E-state index contributed by atoms with van der Waals surface area (Å²) in [6.45, 7) is 0.910. The number of ether oxygens (including phenoxy) is 1. The predicted octanol–water partition coefficient (Wildman–Crippen LogP) is 5.32. The average Bonchev–Trinajstić information content (AvgIpc) is 3.30. The van der Waals surface area contributed by atoms with Gasteiger partial charge in [-0.05, 0) is 47.7 Å². The molecule has 1 atom stereocenters. The molecule has 0 aliphatic heterocycles. The summed E-state index contributed by atoms with van der Waals surface area (Å²) in [6.07, 6.45) is 3.50. The number of hydrogen-bond acceptors (Lipinski definition) is 5. The molecule has 8 nitrogen and oxygen atoms in total. The van der Waals surface area contributed by atoms with E-state index < -0.39 is 29.6 Å². The summed E-state index contributed by atoms with van der Waals surface area (Å²) in [7, 11) is 1.83. The molecule has 2 aliphatic rings. The Labute approximate surface area is 247 Å². The number of amides is 2. The number of carbonyl (C=O) groups excluding carboxylic acids is 2. The normalized spacial score (nSPS) is 16.2. The first-order chi connectivity index (χ1) is 20.3. The van der Waals surface area contributed by atoms with Gasteiger partial charge in [-0.25, -0.2) is 9.59 Å². The Kier molecular flexibility index (Phi) is 9.22. The molecule has 1 fully saturated rings. The third-order valence-corrected chi connectivity index (χ3v) is 8.44. The van der Waals surface area contributed by atoms with Crippen molar-refractivity contribution in [2.45, 2.75) is 62.6 Å². The second-order valence-corrected chi connectivity index (χ2v) is 11.6. The fourth-order valence-corrected chi connectivity index (χ4v) is 6.44. The molecule has 1 unspecified atom stereocenters. The molecule has 8 heteroatoms. The van der Waals surface area contributed by atoms with Gasteiger partial charge in [0.1, 0.15) is 12.6 Å². The second-order valence-electron chi connectivity index (χ2n) is 11.6. The number of nitrogens with zero attached hydrogens (tertiary/aromatic N) is 1. The number of hydrogen-bond donors (Lipinski definition) is 3. The molecule has 3 aromatic rings. The highest BCUT2D eigenvalue weighted by atomic mass is 16.5. The fourth-order valence-electron chi connectivity index (χ4n) is 6.44. The first kappa shape index (κ1) is 29.3. The maximum Gasteiger partial charge on any atom is 0.407 e. The van der Waals surface area contributed by atoms with Crippen molar-refractivity contribution in [2.24, 2.45) is 0 Å². The van der Waals surface area contributed by atoms with E-state index in [-0.39, 0.29) is 25.5 Å². The lowest BCUT2D eigenvalue weighted by Gasteiger charge is -2.37. The highest BCUT2D eigenvalue weighted by Gasteiger charge is 2.38. The molecular weight excluding hydrogens is 530 g/mol. The lowest BCUT2D eigenvalue weighted by molar-refractivity contribution is -0.142. The summed E-state index contributed by atoms with van der Waals surface area (Å²) in [5.41, 5.74) is 4.87. The molecule has 2 aliphatic carbocycles. The van der Waals surface area contributed by atoms with Crippen LogP contribution in [-0.2, 0) is 20.9 Å². The highest BCUT2D eigenvalue weighted by molar-refractivity contribution is 5.85. The number of nitrogens with one attached hydrogen (secondary N) is 2. The third-order valence-electron chi connectivity index (χ3n) is 8.44. The largest absolute Gasteiger partial charge is 0.480 e. The van der Waals surface area contributed by atoms with Crippen molar-refractivity contribution >= 4 is 18.0 Å². The summed E-state index contributed by atoms with van der Waals surface area (Å²) in [5.74, 6) is -1.54. The number of alkyl carbamates (subject to hydrolysis) is 1. The van der Waals surface area contributed by atoms with Gasteiger partial charge in [0.05, 0.1) is 5.54 Å². The monoisotopic (exact) mass is 569 g/mol. The van der Waals surface area contributed by atoms with Gasteiger partial charge in [-0.2, -0.15) is 0 Å². The van der Waals surface area contributed by atoms with E-state index in [9.17, 15) is 19.5 Å². The average molecular weight is 570 g/mol. The van der Waals surface area contributed by atoms with Crippen LogP contribution in [0.3, 0.4) is 0 Å². The molecule has 0 heterocycles. The lowest BCUT2D eigenvalue weighted by Crippen LogP contribution is -2.55. The Hall–Kier alpha value is -4.17. The SMILES string of the molecule is CN(Cc1ccccc1)CC(NC(=O)CC1(NC(=O)OCC2c3ccccc3-c3ccccc32)CCCCC1)C(=O)O. The fraction of sp³-hybridized carbons (Fsp3) is 0.382. The number of carboxylic acids is 1. The molecule has 0 radical (unpaired) electrons. The van der Waals surface area contributed by atoms with Gasteiger partial charge in [0.15, 0.2) is 0 Å². The van der Waals surface area contributed by atoms with Crippen LogP contribution in [0.25, 0.3) is 11.1 Å². The summed E-state index contributed by atoms with van der Waals surface area (Å²) in [4.78, 5) is 40.3. The molecule has 0 aromatic heterocycles. The van der Waals surface area contributed by atoms with Crippen molar-refractivity contribution in [3.63, 3.8) is 0 Å². The minimum absolute atomic E-state index is 0.00335. The van der Waals surface area contributed by atoms with Crippen molar-refractivity contribution in [3.8, 4) is 11.1 Å². The standard InChI is InChI=1S/C34H39N3O5/c1-37(21-24-12-4-2-5-13-24)22-30(32(39)40)35-31(38)20-34(18-10-3-11-19-34)36-33(41)42-23-29-27-16-8-6-14-25(27)26-15-7-9-17-28(26)29/h2,4-9,12-17,29-30H,3,10-11,18-23H2,1H3,(H,35,38)(H,36,41)(H,39,40). The van der Waals surface area contributed by atoms with Gasteiger partial charge in [0, 0.05) is 25.4 Å². The minimum Gasteiger partial charge on any atom is -0.480 e. The zero-order valence-corrected chi connectivity index (χ0v) is 24.1. The summed E-state index contributed by atoms with van der Waals surface area (Å²) < 4.78 is 5.80. The Morgan fingerprint density at radius 2 is 1.50 bits per heavy atom. The van der Waals surface area contributed by atoms with E-state index >= 15 is 0 Å². The van der Waals surface area contributed by atoms with Crippen molar-refractivity contribution < 1.29 is 24.2 Å². The second kappa shape index (κ2) is 13.2. The minimum atomic E-state index is -1.09. The van der Waals surface area contributed by atoms with E-state index in [0.29, 0.717) is 19.4 Å². The molecule has 0 bridgehead atoms. The Morgan fingerprint density at radius 3 is 2.12 bits per heavy atom. The zero-order valence-electron chi connectivity index (χ0n) is 24.1. The molecule has 0 spiro atoms. The van der Waals surface area contributed by atoms with Crippen LogP contribution < -0.4 is 10.6 Å². The Bertz CT molecular complexity index is 1360. The van der Waals surface area contributed by atoms with Gasteiger partial charge in [-0.15, -0.1) is 0 Å². The summed E-state index contributed by atoms with van der Waals surface area (Å²) >= 11 is 0. The van der Waals surface area contributed by atoms with Gasteiger partial charge >= 0.3 is 12.1 Å². The quantitative estimate of drug-likeness (QED) is 0.289. The van der Waals surface area contributed by atoms with Gasteiger partial charge in [0.2, 0.25) is 5.91 Å². The molecule has 220 valence electrons. The van der Waals surface area contributed by atoms with Crippen LogP contribution in [0.5, 0.6) is 0 Å². The Morgan fingerprint density at radius 1 is 0.905 bits per heavy atom. The molecular formula is C34H39N3O5. The number of rotatable bonds is 11. The first-order valence-electron chi connectivity index (χ1n) is 14.7. The zero-order chi connectivity index (χ0) is 29.5. The summed E-state index contributed by atoms with van der Waals surface area (Å²) in [6, 6.07) is 25.0. The Balaban J connectivity index is 1.20. The first-order valence-corrected chi connectivity index (χ1v) is 14.7. The number of benzene rings is 3. The van der Waals surface area contributed by atoms with Gasteiger partial charge < -0.3 is 20.5 Å². The number of carbonyl (C=O) groups is 3. The predicted molar refractivity (Wildman–Crippen MR) is 161 cm³/mol. The molecule has 3 aromatic carbocycles. The van der Waals surface area contributed by atoms with Crippen LogP contribution in [0.2, 0.25) is 0 Å². The van der Waals surface area contributed by atoms with Crippen LogP contribution in [0, 0.1) is 0 Å². The van der Waals surface area contributed by atoms with Crippen LogP contribution in [-0.4, -0.2) is 59.8 Å². The van der Waals surface area contributed by atoms with Crippen LogP contribution in [0.4, 0.5) is 4.79 Å². The molecule has 3 N–H and O–H groups in total. The van der Waals surface area contributed by atoms with Crippen molar-refractivity contribution in [1.82, 2.24) is 15.5 Å². The smallest absolute Gasteiger partial charge is 0.407 e. The maximum atomic E-state index is 13.2. The van der Waals surface area contributed by atoms with E-state index in [1.807, 2.05) is 66.5 Å². The highest BCUT2D eigenvalue weighted by Crippen LogP contribution is 2.44. The molecule has 1 saturated carbocycles. The number of carboxylic acid groups (broad SMARTS) is 1. The summed E-state index contributed by atoms with van der Waals surface area (Å²) in [5, 5.41) is 15.6. The number of fused-ring (bicyclic) bond motifs is 3. The molecule has 0 saturated heterocycles. The van der Waals surface area contributed by atoms with E-state index in [2.05, 4.69) is 34.9 Å². The van der Waals surface area contributed by atoms with E-state index in [1.54, 1.807) is 0 Å². The molecule has 42 heavy (non-hydrogen) atoms. The van der Waals surface area contributed by atoms with Gasteiger partial charge in [-0.3, -0.25) is 9.69 Å². The van der Waals surface area contributed by atoms with Crippen LogP contribution in [0.1, 0.15) is 61.1 Å². The maximum absolute atomic E-state index is 13.2. The topological polar surface area (TPSA) is 108 Å². The van der Waals surface area contributed by atoms with Crippen molar-refractivity contribution in [1.29, 1.82) is 0 Å². The van der Waals surface area contributed by atoms with Crippen molar-refractivity contribution in [2.75, 3.05) is 20.2 Å². The lowest BCUT2D eigenvalue weighted by atomic mass is 9.79. The third kappa shape index (κ3) is 6.99. The van der Waals surface area contributed by atoms with E-state index in [1.165, 1.54) is 0 Å². The molecule has 2 amide bonds. The number of likely N-dealkylation sites (N-methyl/N-ethyl adjacent to an activating group) is 1. The van der Waals surface area contributed by atoms with Gasteiger partial charge in [0.25, 0.3) is 0 Å². The van der Waals surface area contributed by atoms with Crippen molar-refractivity contribution in [3.05, 3.63) is 95.6 Å². The van der Waals surface area contributed by atoms with Crippen LogP contribution in [0.15, 0.2) is 78.9 Å². The molecule has 5 rings (SSSR count). The number of aliphatic carboxylic acids is 1. The van der Waals surface area contributed by atoms with Crippen LogP contribution >= 0.6 is 0 Å². The van der Waals surface area contributed by atoms with E-state index in [0.717, 1.165) is 47.1 Å². The van der Waals surface area contributed by atoms with E-state index in [4.69, 9.17) is 4.74 Å².